The van der Waals surface area contributed by atoms with E-state index in [4.69, 9.17) is 8.83 Å². The standard InChI is InChI=1S/C18H25N7O2.HI/c1-18(2,3)13-10-21-15(27-13)11-22-17(19-4)20-8-7-14-23-16(25-24-14)12-6-5-9-26-12;/h5-6,9-10H,7-8,11H2,1-4H3,(H2,19,20,22)(H,23,24,25);1H. The highest BCUT2D eigenvalue weighted by atomic mass is 127. The Balaban J connectivity index is 0.00000280. The van der Waals surface area contributed by atoms with Crippen LogP contribution in [0.3, 0.4) is 0 Å². The van der Waals surface area contributed by atoms with Crippen molar-refractivity contribution in [3.05, 3.63) is 42.1 Å². The molecule has 0 spiro atoms. The number of hydrogen-bond donors (Lipinski definition) is 3. The predicted octanol–water partition coefficient (Wildman–Crippen LogP) is 2.88. The molecule has 0 amide bonds. The highest BCUT2D eigenvalue weighted by Gasteiger charge is 2.19. The summed E-state index contributed by atoms with van der Waals surface area (Å²) >= 11 is 0. The van der Waals surface area contributed by atoms with Crippen LogP contribution in [0.4, 0.5) is 0 Å². The van der Waals surface area contributed by atoms with Crippen molar-refractivity contribution in [2.24, 2.45) is 4.99 Å². The van der Waals surface area contributed by atoms with Gasteiger partial charge in [0.15, 0.2) is 11.7 Å². The van der Waals surface area contributed by atoms with E-state index in [2.05, 4.69) is 56.6 Å². The highest BCUT2D eigenvalue weighted by Crippen LogP contribution is 2.22. The van der Waals surface area contributed by atoms with Gasteiger partial charge < -0.3 is 19.5 Å². The van der Waals surface area contributed by atoms with Gasteiger partial charge in [0.1, 0.15) is 11.6 Å². The van der Waals surface area contributed by atoms with Crippen LogP contribution in [-0.4, -0.2) is 39.7 Å². The Kier molecular flexibility index (Phi) is 7.61. The normalized spacial score (nSPS) is 11.9. The Hall–Kier alpha value is -2.37. The van der Waals surface area contributed by atoms with Gasteiger partial charge in [-0.25, -0.2) is 9.97 Å². The van der Waals surface area contributed by atoms with Gasteiger partial charge in [0, 0.05) is 25.4 Å². The van der Waals surface area contributed by atoms with E-state index in [1.807, 2.05) is 6.07 Å². The largest absolute Gasteiger partial charge is 0.461 e. The second-order valence-corrected chi connectivity index (χ2v) is 7.05. The van der Waals surface area contributed by atoms with Crippen molar-refractivity contribution in [3.63, 3.8) is 0 Å². The number of furan rings is 1. The lowest BCUT2D eigenvalue weighted by Crippen LogP contribution is -2.38. The SMILES string of the molecule is CN=C(NCCc1nc(-c2ccco2)n[nH]1)NCc1ncc(C(C)(C)C)o1.I. The molecular weight excluding hydrogens is 473 g/mol. The Bertz CT molecular complexity index is 878. The summed E-state index contributed by atoms with van der Waals surface area (Å²) in [6.07, 6.45) is 4.04. The number of rotatable bonds is 6. The van der Waals surface area contributed by atoms with Gasteiger partial charge in [0.05, 0.1) is 19.0 Å². The second-order valence-electron chi connectivity index (χ2n) is 7.05. The first kappa shape index (κ1) is 21.9. The fourth-order valence-corrected chi connectivity index (χ4v) is 2.34. The van der Waals surface area contributed by atoms with Crippen LogP contribution in [0.5, 0.6) is 0 Å². The number of nitrogens with zero attached hydrogens (tertiary/aromatic N) is 4. The molecule has 0 atom stereocenters. The van der Waals surface area contributed by atoms with Crippen LogP contribution in [0, 0.1) is 0 Å². The van der Waals surface area contributed by atoms with Crippen LogP contribution in [0.25, 0.3) is 11.6 Å². The van der Waals surface area contributed by atoms with Gasteiger partial charge in [-0.05, 0) is 12.1 Å². The van der Waals surface area contributed by atoms with Crippen LogP contribution in [0.1, 0.15) is 38.2 Å². The summed E-state index contributed by atoms with van der Waals surface area (Å²) < 4.78 is 11.1. The maximum absolute atomic E-state index is 5.77. The molecule has 3 rings (SSSR count). The van der Waals surface area contributed by atoms with Crippen molar-refractivity contribution in [1.29, 1.82) is 0 Å². The maximum Gasteiger partial charge on any atom is 0.216 e. The molecule has 0 aliphatic rings. The van der Waals surface area contributed by atoms with E-state index in [0.29, 0.717) is 42.9 Å². The molecule has 0 aliphatic carbocycles. The van der Waals surface area contributed by atoms with Gasteiger partial charge >= 0.3 is 0 Å². The molecular formula is C18H26IN7O2. The summed E-state index contributed by atoms with van der Waals surface area (Å²) in [6, 6.07) is 3.63. The van der Waals surface area contributed by atoms with Crippen LogP contribution < -0.4 is 10.6 Å². The molecule has 0 saturated carbocycles. The smallest absolute Gasteiger partial charge is 0.216 e. The molecule has 10 heteroatoms. The first-order valence-corrected chi connectivity index (χ1v) is 8.80. The number of aromatic amines is 1. The molecule has 0 fully saturated rings. The third-order valence-corrected chi connectivity index (χ3v) is 3.85. The number of aliphatic imine (C=N–C) groups is 1. The number of aromatic nitrogens is 4. The summed E-state index contributed by atoms with van der Waals surface area (Å²) in [4.78, 5) is 12.9. The summed E-state index contributed by atoms with van der Waals surface area (Å²) in [5, 5.41) is 13.5. The molecule has 152 valence electrons. The third kappa shape index (κ3) is 5.81. The van der Waals surface area contributed by atoms with Crippen LogP contribution in [0.2, 0.25) is 0 Å². The number of hydrogen-bond acceptors (Lipinski definition) is 6. The molecule has 0 unspecified atom stereocenters. The van der Waals surface area contributed by atoms with Crippen molar-refractivity contribution >= 4 is 29.9 Å². The van der Waals surface area contributed by atoms with E-state index in [-0.39, 0.29) is 29.4 Å². The van der Waals surface area contributed by atoms with Gasteiger partial charge in [0.2, 0.25) is 11.7 Å². The lowest BCUT2D eigenvalue weighted by atomic mass is 9.94. The Morgan fingerprint density at radius 3 is 2.75 bits per heavy atom. The summed E-state index contributed by atoms with van der Waals surface area (Å²) in [5.41, 5.74) is -0.0588. The second kappa shape index (κ2) is 9.71. The van der Waals surface area contributed by atoms with E-state index in [0.717, 1.165) is 11.6 Å². The average molecular weight is 499 g/mol. The van der Waals surface area contributed by atoms with Crippen molar-refractivity contribution in [2.45, 2.75) is 39.2 Å². The number of nitrogens with one attached hydrogen (secondary N) is 3. The Morgan fingerprint density at radius 2 is 2.11 bits per heavy atom. The monoisotopic (exact) mass is 499 g/mol. The predicted molar refractivity (Wildman–Crippen MR) is 117 cm³/mol. The fourth-order valence-electron chi connectivity index (χ4n) is 2.34. The van der Waals surface area contributed by atoms with E-state index >= 15 is 0 Å². The van der Waals surface area contributed by atoms with Crippen molar-refractivity contribution in [3.8, 4) is 11.6 Å². The molecule has 0 aromatic carbocycles. The molecule has 3 aromatic heterocycles. The molecule has 3 N–H and O–H groups in total. The summed E-state index contributed by atoms with van der Waals surface area (Å²) in [7, 11) is 1.72. The molecule has 0 aliphatic heterocycles. The lowest BCUT2D eigenvalue weighted by Gasteiger charge is -2.13. The summed E-state index contributed by atoms with van der Waals surface area (Å²) in [6.45, 7) is 7.37. The van der Waals surface area contributed by atoms with Gasteiger partial charge in [-0.15, -0.1) is 24.0 Å². The molecule has 28 heavy (non-hydrogen) atoms. The number of H-pyrrole nitrogens is 1. The topological polar surface area (TPSA) is 117 Å². The van der Waals surface area contributed by atoms with Crippen LogP contribution >= 0.6 is 24.0 Å². The molecule has 3 aromatic rings. The van der Waals surface area contributed by atoms with Crippen LogP contribution in [0.15, 0.2) is 38.4 Å². The Labute approximate surface area is 180 Å². The number of halogens is 1. The van der Waals surface area contributed by atoms with E-state index in [1.54, 1.807) is 25.6 Å². The minimum atomic E-state index is -0.0588. The van der Waals surface area contributed by atoms with Gasteiger partial charge in [-0.1, -0.05) is 20.8 Å². The van der Waals surface area contributed by atoms with Crippen molar-refractivity contribution in [1.82, 2.24) is 30.8 Å². The lowest BCUT2D eigenvalue weighted by molar-refractivity contribution is 0.379. The summed E-state index contributed by atoms with van der Waals surface area (Å²) in [5.74, 6) is 4.11. The minimum absolute atomic E-state index is 0. The minimum Gasteiger partial charge on any atom is -0.461 e. The fraction of sp³-hybridized carbons (Fsp3) is 0.444. The first-order valence-electron chi connectivity index (χ1n) is 8.80. The number of oxazole rings is 1. The maximum atomic E-state index is 5.77. The van der Waals surface area contributed by atoms with Crippen molar-refractivity contribution < 1.29 is 8.83 Å². The van der Waals surface area contributed by atoms with Gasteiger partial charge in [-0.2, -0.15) is 5.10 Å². The number of guanidine groups is 1. The zero-order valence-corrected chi connectivity index (χ0v) is 18.8. The van der Waals surface area contributed by atoms with Crippen molar-refractivity contribution in [2.75, 3.05) is 13.6 Å². The quantitative estimate of drug-likeness (QED) is 0.271. The van der Waals surface area contributed by atoms with Gasteiger partial charge in [0.25, 0.3) is 0 Å². The Morgan fingerprint density at radius 1 is 1.29 bits per heavy atom. The van der Waals surface area contributed by atoms with Crippen LogP contribution in [-0.2, 0) is 18.4 Å². The molecule has 0 radical (unpaired) electrons. The first-order chi connectivity index (χ1) is 13.0. The zero-order valence-electron chi connectivity index (χ0n) is 16.4. The van der Waals surface area contributed by atoms with E-state index < -0.39 is 0 Å². The van der Waals surface area contributed by atoms with Gasteiger partial charge in [-0.3, -0.25) is 10.1 Å². The molecule has 3 heterocycles. The third-order valence-electron chi connectivity index (χ3n) is 3.85. The highest BCUT2D eigenvalue weighted by molar-refractivity contribution is 14.0. The molecule has 0 bridgehead atoms. The average Bonchev–Trinajstić information content (AvgIpc) is 3.38. The van der Waals surface area contributed by atoms with E-state index in [9.17, 15) is 0 Å². The molecule has 9 nitrogen and oxygen atoms in total. The molecule has 0 saturated heterocycles. The van der Waals surface area contributed by atoms with E-state index in [1.165, 1.54) is 0 Å². The zero-order chi connectivity index (χ0) is 19.3.